The molecule has 2 aromatic rings. The lowest BCUT2D eigenvalue weighted by molar-refractivity contribution is 0.177. The minimum Gasteiger partial charge on any atom is -0.494 e. The van der Waals surface area contributed by atoms with Crippen molar-refractivity contribution in [3.8, 4) is 23.3 Å². The van der Waals surface area contributed by atoms with E-state index in [0.717, 1.165) is 54.6 Å². The van der Waals surface area contributed by atoms with Crippen LogP contribution in [0.5, 0.6) is 11.5 Å². The van der Waals surface area contributed by atoms with E-state index in [2.05, 4.69) is 37.8 Å². The van der Waals surface area contributed by atoms with E-state index in [-0.39, 0.29) is 0 Å². The van der Waals surface area contributed by atoms with Crippen molar-refractivity contribution >= 4 is 0 Å². The van der Waals surface area contributed by atoms with Gasteiger partial charge in [0.25, 0.3) is 0 Å². The van der Waals surface area contributed by atoms with Crippen LogP contribution in [-0.4, -0.2) is 13.2 Å². The smallest absolute Gasteiger partial charge is 0.119 e. The number of hydrogen-bond acceptors (Lipinski definition) is 2. The molecule has 2 heteroatoms. The second-order valence-corrected chi connectivity index (χ2v) is 9.19. The van der Waals surface area contributed by atoms with E-state index < -0.39 is 0 Å². The van der Waals surface area contributed by atoms with Gasteiger partial charge in [-0.1, -0.05) is 70.6 Å². The maximum atomic E-state index is 6.09. The van der Waals surface area contributed by atoms with Gasteiger partial charge >= 0.3 is 0 Å². The molecule has 0 amide bonds. The Morgan fingerprint density at radius 3 is 1.75 bits per heavy atom. The van der Waals surface area contributed by atoms with E-state index in [1.54, 1.807) is 0 Å². The van der Waals surface area contributed by atoms with Crippen molar-refractivity contribution in [3.05, 3.63) is 59.7 Å². The second kappa shape index (κ2) is 13.9. The van der Waals surface area contributed by atoms with E-state index in [1.807, 2.05) is 36.4 Å². The summed E-state index contributed by atoms with van der Waals surface area (Å²) in [5, 5.41) is 0. The average molecular weight is 433 g/mol. The lowest BCUT2D eigenvalue weighted by atomic mass is 9.80. The first-order valence-corrected chi connectivity index (χ1v) is 12.7. The van der Waals surface area contributed by atoms with Gasteiger partial charge in [0.1, 0.15) is 11.5 Å². The first kappa shape index (κ1) is 24.2. The molecule has 0 heterocycles. The Morgan fingerprint density at radius 1 is 0.656 bits per heavy atom. The molecule has 0 N–H and O–H groups in total. The highest BCUT2D eigenvalue weighted by atomic mass is 16.5. The minimum atomic E-state index is 0.714. The lowest BCUT2D eigenvalue weighted by Crippen LogP contribution is -2.20. The molecule has 0 aliphatic heterocycles. The van der Waals surface area contributed by atoms with Crippen LogP contribution in [0.4, 0.5) is 0 Å². The highest BCUT2D eigenvalue weighted by Crippen LogP contribution is 2.32. The molecule has 172 valence electrons. The number of benzene rings is 2. The van der Waals surface area contributed by atoms with Gasteiger partial charge in [-0.2, -0.15) is 0 Å². The highest BCUT2D eigenvalue weighted by Gasteiger charge is 2.21. The van der Waals surface area contributed by atoms with Gasteiger partial charge < -0.3 is 9.47 Å². The van der Waals surface area contributed by atoms with Gasteiger partial charge in [0.05, 0.1) is 13.2 Å². The summed E-state index contributed by atoms with van der Waals surface area (Å²) in [6, 6.07) is 16.2. The maximum absolute atomic E-state index is 6.09. The Labute approximate surface area is 195 Å². The molecule has 1 aliphatic carbocycles. The zero-order valence-electron chi connectivity index (χ0n) is 20.1. The van der Waals surface area contributed by atoms with Crippen LogP contribution in [0.25, 0.3) is 0 Å². The topological polar surface area (TPSA) is 18.5 Å². The summed E-state index contributed by atoms with van der Waals surface area (Å²) in [6.45, 7) is 6.08. The standard InChI is InChI=1S/C30H40O2/c1-3-5-7-8-25-11-13-28(14-12-25)24-32-30-21-17-27(18-22-30)10-9-26-15-19-29(20-16-26)31-23-6-4-2/h15-22,25,28H,3-8,11-14,23-24H2,1-2H3. The van der Waals surface area contributed by atoms with Crippen molar-refractivity contribution in [1.82, 2.24) is 0 Å². The van der Waals surface area contributed by atoms with Gasteiger partial charge in [-0.25, -0.2) is 0 Å². The lowest BCUT2D eigenvalue weighted by Gasteiger charge is -2.28. The normalized spacial score (nSPS) is 17.9. The van der Waals surface area contributed by atoms with E-state index in [9.17, 15) is 0 Å². The van der Waals surface area contributed by atoms with Crippen molar-refractivity contribution < 1.29 is 9.47 Å². The van der Waals surface area contributed by atoms with Gasteiger partial charge in [-0.15, -0.1) is 0 Å². The van der Waals surface area contributed by atoms with Crippen molar-refractivity contribution in [2.24, 2.45) is 11.8 Å². The van der Waals surface area contributed by atoms with Crippen molar-refractivity contribution in [2.75, 3.05) is 13.2 Å². The minimum absolute atomic E-state index is 0.714. The third-order valence-corrected chi connectivity index (χ3v) is 6.49. The van der Waals surface area contributed by atoms with Gasteiger partial charge in [0.15, 0.2) is 0 Å². The van der Waals surface area contributed by atoms with E-state index in [4.69, 9.17) is 9.47 Å². The molecule has 0 spiro atoms. The summed E-state index contributed by atoms with van der Waals surface area (Å²) >= 11 is 0. The number of unbranched alkanes of at least 4 members (excludes halogenated alkanes) is 3. The Balaban J connectivity index is 1.39. The number of hydrogen-bond donors (Lipinski definition) is 0. The van der Waals surface area contributed by atoms with Crippen LogP contribution >= 0.6 is 0 Å². The van der Waals surface area contributed by atoms with Gasteiger partial charge in [-0.3, -0.25) is 0 Å². The third-order valence-electron chi connectivity index (χ3n) is 6.49. The quantitative estimate of drug-likeness (QED) is 0.264. The van der Waals surface area contributed by atoms with Crippen LogP contribution in [0.3, 0.4) is 0 Å². The van der Waals surface area contributed by atoms with Crippen LogP contribution in [0.1, 0.15) is 89.2 Å². The SMILES string of the molecule is CCCCCC1CCC(COc2ccc(C#Cc3ccc(OCCCC)cc3)cc2)CC1. The molecule has 0 unspecified atom stereocenters. The summed E-state index contributed by atoms with van der Waals surface area (Å²) in [7, 11) is 0. The molecule has 0 aromatic heterocycles. The van der Waals surface area contributed by atoms with Gasteiger partial charge in [-0.05, 0) is 79.6 Å². The first-order valence-electron chi connectivity index (χ1n) is 12.7. The van der Waals surface area contributed by atoms with Crippen molar-refractivity contribution in [2.45, 2.75) is 78.1 Å². The maximum Gasteiger partial charge on any atom is 0.119 e. The summed E-state index contributed by atoms with van der Waals surface area (Å²) in [5.74, 6) is 10.0. The highest BCUT2D eigenvalue weighted by molar-refractivity contribution is 5.45. The number of rotatable bonds is 11. The molecule has 2 nitrogen and oxygen atoms in total. The van der Waals surface area contributed by atoms with Crippen molar-refractivity contribution in [3.63, 3.8) is 0 Å². The van der Waals surface area contributed by atoms with Gasteiger partial charge in [0.2, 0.25) is 0 Å². The molecule has 0 saturated heterocycles. The summed E-state index contributed by atoms with van der Waals surface area (Å²) in [4.78, 5) is 0. The number of ether oxygens (including phenoxy) is 2. The molecule has 3 rings (SSSR count). The average Bonchev–Trinajstić information content (AvgIpc) is 2.84. The van der Waals surface area contributed by atoms with Gasteiger partial charge in [0, 0.05) is 11.1 Å². The van der Waals surface area contributed by atoms with Crippen LogP contribution < -0.4 is 9.47 Å². The fourth-order valence-electron chi connectivity index (χ4n) is 4.33. The van der Waals surface area contributed by atoms with E-state index in [1.165, 1.54) is 51.4 Å². The fourth-order valence-corrected chi connectivity index (χ4v) is 4.33. The Morgan fingerprint density at radius 2 is 1.19 bits per heavy atom. The van der Waals surface area contributed by atoms with Crippen LogP contribution in [0.2, 0.25) is 0 Å². The Hall–Kier alpha value is -2.40. The Kier molecular flexibility index (Phi) is 10.5. The molecular formula is C30H40O2. The van der Waals surface area contributed by atoms with Crippen LogP contribution in [0, 0.1) is 23.7 Å². The second-order valence-electron chi connectivity index (χ2n) is 9.19. The molecule has 32 heavy (non-hydrogen) atoms. The molecule has 1 saturated carbocycles. The van der Waals surface area contributed by atoms with Crippen molar-refractivity contribution in [1.29, 1.82) is 0 Å². The van der Waals surface area contributed by atoms with Crippen LogP contribution in [-0.2, 0) is 0 Å². The largest absolute Gasteiger partial charge is 0.494 e. The van der Waals surface area contributed by atoms with E-state index in [0.29, 0.717) is 5.92 Å². The fraction of sp³-hybridized carbons (Fsp3) is 0.533. The molecule has 2 aromatic carbocycles. The summed E-state index contributed by atoms with van der Waals surface area (Å²) < 4.78 is 11.8. The third kappa shape index (κ3) is 8.62. The molecule has 0 atom stereocenters. The molecule has 1 fully saturated rings. The molecule has 0 radical (unpaired) electrons. The first-order chi connectivity index (χ1) is 15.8. The zero-order valence-corrected chi connectivity index (χ0v) is 20.1. The summed E-state index contributed by atoms with van der Waals surface area (Å²) in [6.07, 6.45) is 13.2. The summed E-state index contributed by atoms with van der Waals surface area (Å²) in [5.41, 5.74) is 2.01. The predicted molar refractivity (Wildman–Crippen MR) is 134 cm³/mol. The van der Waals surface area contributed by atoms with Crippen LogP contribution in [0.15, 0.2) is 48.5 Å². The van der Waals surface area contributed by atoms with E-state index >= 15 is 0 Å². The molecular weight excluding hydrogens is 392 g/mol. The monoisotopic (exact) mass is 432 g/mol. The molecule has 0 bridgehead atoms. The predicted octanol–water partition coefficient (Wildman–Crippen LogP) is 8.03. The molecule has 1 aliphatic rings. The zero-order chi connectivity index (χ0) is 22.4. The Bertz CT molecular complexity index is 818.